The standard InChI is InChI=1S/C23H20N2O3S/c1-15(2)28-23(27)18-10-8-16(9-11-18)13-25-14-24-21-19(22(25)26)12-20(29-21)17-6-4-3-5-7-17/h3-12,14-15H,13H2,1-2H3. The molecule has 0 radical (unpaired) electrons. The summed E-state index contributed by atoms with van der Waals surface area (Å²) in [7, 11) is 0. The smallest absolute Gasteiger partial charge is 0.338 e. The zero-order valence-electron chi connectivity index (χ0n) is 16.2. The van der Waals surface area contributed by atoms with Gasteiger partial charge in [0.25, 0.3) is 5.56 Å². The molecule has 29 heavy (non-hydrogen) atoms. The number of carbonyl (C=O) groups is 1. The molecule has 2 aromatic heterocycles. The van der Waals surface area contributed by atoms with Gasteiger partial charge in [0.15, 0.2) is 0 Å². The predicted octanol–water partition coefficient (Wildman–Crippen LogP) is 4.74. The van der Waals surface area contributed by atoms with Crippen LogP contribution in [0, 0.1) is 0 Å². The van der Waals surface area contributed by atoms with E-state index in [1.165, 1.54) is 11.3 Å². The highest BCUT2D eigenvalue weighted by Gasteiger charge is 2.12. The number of carbonyl (C=O) groups excluding carboxylic acids is 1. The van der Waals surface area contributed by atoms with Gasteiger partial charge in [0.05, 0.1) is 29.9 Å². The predicted molar refractivity (Wildman–Crippen MR) is 115 cm³/mol. The van der Waals surface area contributed by atoms with Gasteiger partial charge in [0.1, 0.15) is 4.83 Å². The van der Waals surface area contributed by atoms with E-state index in [2.05, 4.69) is 4.98 Å². The maximum atomic E-state index is 12.9. The highest BCUT2D eigenvalue weighted by Crippen LogP contribution is 2.30. The van der Waals surface area contributed by atoms with Crippen molar-refractivity contribution < 1.29 is 9.53 Å². The third-order valence-electron chi connectivity index (χ3n) is 4.46. The topological polar surface area (TPSA) is 61.2 Å². The molecule has 0 aliphatic rings. The van der Waals surface area contributed by atoms with Crippen molar-refractivity contribution in [1.82, 2.24) is 9.55 Å². The summed E-state index contributed by atoms with van der Waals surface area (Å²) in [5, 5.41) is 0.619. The van der Waals surface area contributed by atoms with Crippen molar-refractivity contribution in [3.05, 3.63) is 88.5 Å². The van der Waals surface area contributed by atoms with Crippen molar-refractivity contribution in [2.45, 2.75) is 26.5 Å². The van der Waals surface area contributed by atoms with Crippen LogP contribution in [0.1, 0.15) is 29.8 Å². The van der Waals surface area contributed by atoms with Crippen LogP contribution in [0.5, 0.6) is 0 Å². The van der Waals surface area contributed by atoms with Gasteiger partial charge in [0, 0.05) is 4.88 Å². The molecule has 0 bridgehead atoms. The van der Waals surface area contributed by atoms with E-state index in [9.17, 15) is 9.59 Å². The molecular weight excluding hydrogens is 384 g/mol. The van der Waals surface area contributed by atoms with Crippen molar-refractivity contribution in [3.63, 3.8) is 0 Å². The first-order valence-corrected chi connectivity index (χ1v) is 10.2. The summed E-state index contributed by atoms with van der Waals surface area (Å²) >= 11 is 1.51. The van der Waals surface area contributed by atoms with Crippen molar-refractivity contribution in [3.8, 4) is 10.4 Å². The summed E-state index contributed by atoms with van der Waals surface area (Å²) in [4.78, 5) is 31.1. The molecule has 0 atom stereocenters. The molecule has 2 aromatic carbocycles. The van der Waals surface area contributed by atoms with Gasteiger partial charge in [-0.1, -0.05) is 42.5 Å². The average Bonchev–Trinajstić information content (AvgIpc) is 3.16. The maximum absolute atomic E-state index is 12.9. The number of hydrogen-bond acceptors (Lipinski definition) is 5. The highest BCUT2D eigenvalue weighted by atomic mass is 32.1. The van der Waals surface area contributed by atoms with Crippen LogP contribution in [0.25, 0.3) is 20.7 Å². The molecule has 0 fully saturated rings. The molecule has 0 N–H and O–H groups in total. The van der Waals surface area contributed by atoms with Gasteiger partial charge in [-0.2, -0.15) is 0 Å². The van der Waals surface area contributed by atoms with Gasteiger partial charge in [-0.25, -0.2) is 9.78 Å². The zero-order valence-corrected chi connectivity index (χ0v) is 17.0. The van der Waals surface area contributed by atoms with Gasteiger partial charge in [0.2, 0.25) is 0 Å². The van der Waals surface area contributed by atoms with E-state index in [0.29, 0.717) is 17.5 Å². The number of benzene rings is 2. The lowest BCUT2D eigenvalue weighted by atomic mass is 10.1. The third kappa shape index (κ3) is 4.12. The fourth-order valence-corrected chi connectivity index (χ4v) is 4.04. The summed E-state index contributed by atoms with van der Waals surface area (Å²) in [6.07, 6.45) is 1.42. The second-order valence-corrected chi connectivity index (χ2v) is 8.05. The van der Waals surface area contributed by atoms with E-state index in [0.717, 1.165) is 20.8 Å². The molecule has 146 valence electrons. The molecule has 0 saturated heterocycles. The van der Waals surface area contributed by atoms with E-state index in [1.54, 1.807) is 23.0 Å². The van der Waals surface area contributed by atoms with Crippen LogP contribution >= 0.6 is 11.3 Å². The molecule has 0 aliphatic heterocycles. The molecule has 6 heteroatoms. The first kappa shape index (κ1) is 19.1. The van der Waals surface area contributed by atoms with Gasteiger partial charge in [-0.15, -0.1) is 11.3 Å². The van der Waals surface area contributed by atoms with Gasteiger partial charge in [-0.3, -0.25) is 9.36 Å². The van der Waals surface area contributed by atoms with E-state index in [1.807, 2.05) is 62.4 Å². The van der Waals surface area contributed by atoms with Crippen molar-refractivity contribution in [2.75, 3.05) is 0 Å². The molecule has 4 rings (SSSR count). The summed E-state index contributed by atoms with van der Waals surface area (Å²) in [5.74, 6) is -0.349. The Bertz CT molecular complexity index is 1210. The Morgan fingerprint density at radius 2 is 1.83 bits per heavy atom. The Hall–Kier alpha value is -3.25. The van der Waals surface area contributed by atoms with Gasteiger partial charge in [-0.05, 0) is 43.2 Å². The number of rotatable bonds is 5. The molecule has 0 saturated carbocycles. The lowest BCUT2D eigenvalue weighted by Gasteiger charge is -2.09. The molecule has 5 nitrogen and oxygen atoms in total. The lowest BCUT2D eigenvalue weighted by molar-refractivity contribution is 0.0378. The lowest BCUT2D eigenvalue weighted by Crippen LogP contribution is -2.20. The van der Waals surface area contributed by atoms with E-state index in [4.69, 9.17) is 4.74 Å². The minimum Gasteiger partial charge on any atom is -0.459 e. The Morgan fingerprint density at radius 3 is 2.52 bits per heavy atom. The van der Waals surface area contributed by atoms with Crippen LogP contribution in [0.2, 0.25) is 0 Å². The number of nitrogens with zero attached hydrogens (tertiary/aromatic N) is 2. The number of hydrogen-bond donors (Lipinski definition) is 0. The van der Waals surface area contributed by atoms with Crippen molar-refractivity contribution in [1.29, 1.82) is 0 Å². The van der Waals surface area contributed by atoms with Crippen LogP contribution in [0.4, 0.5) is 0 Å². The first-order valence-electron chi connectivity index (χ1n) is 9.35. The van der Waals surface area contributed by atoms with E-state index < -0.39 is 0 Å². The second kappa shape index (κ2) is 8.01. The molecule has 0 amide bonds. The summed E-state index contributed by atoms with van der Waals surface area (Å²) in [6.45, 7) is 4.02. The van der Waals surface area contributed by atoms with E-state index >= 15 is 0 Å². The monoisotopic (exact) mass is 404 g/mol. The maximum Gasteiger partial charge on any atom is 0.338 e. The van der Waals surface area contributed by atoms with Gasteiger partial charge < -0.3 is 4.74 Å². The molecule has 0 spiro atoms. The Labute approximate surface area is 172 Å². The third-order valence-corrected chi connectivity index (χ3v) is 5.55. The normalized spacial score (nSPS) is 11.1. The molecule has 2 heterocycles. The molecule has 0 aliphatic carbocycles. The van der Waals surface area contributed by atoms with Crippen LogP contribution in [0.3, 0.4) is 0 Å². The van der Waals surface area contributed by atoms with Crippen LogP contribution in [-0.2, 0) is 11.3 Å². The largest absolute Gasteiger partial charge is 0.459 e. The van der Waals surface area contributed by atoms with Gasteiger partial charge >= 0.3 is 5.97 Å². The van der Waals surface area contributed by atoms with E-state index in [-0.39, 0.29) is 17.6 Å². The van der Waals surface area contributed by atoms with Crippen molar-refractivity contribution >= 4 is 27.5 Å². The molecular formula is C23H20N2O3S. The SMILES string of the molecule is CC(C)OC(=O)c1ccc(Cn2cnc3sc(-c4ccccc4)cc3c2=O)cc1. The second-order valence-electron chi connectivity index (χ2n) is 7.02. The fourth-order valence-electron chi connectivity index (χ4n) is 3.04. The average molecular weight is 404 g/mol. The Morgan fingerprint density at radius 1 is 1.10 bits per heavy atom. The quantitative estimate of drug-likeness (QED) is 0.451. The molecule has 0 unspecified atom stereocenters. The number of aromatic nitrogens is 2. The van der Waals surface area contributed by atoms with Crippen LogP contribution in [-0.4, -0.2) is 21.6 Å². The minimum atomic E-state index is -0.349. The zero-order chi connectivity index (χ0) is 20.4. The Kier molecular flexibility index (Phi) is 5.27. The number of thiophene rings is 1. The number of fused-ring (bicyclic) bond motifs is 1. The Balaban J connectivity index is 1.59. The summed E-state index contributed by atoms with van der Waals surface area (Å²) < 4.78 is 6.79. The fraction of sp³-hybridized carbons (Fsp3) is 0.174. The van der Waals surface area contributed by atoms with Crippen LogP contribution < -0.4 is 5.56 Å². The minimum absolute atomic E-state index is 0.0725. The van der Waals surface area contributed by atoms with Crippen LogP contribution in [0.15, 0.2) is 71.8 Å². The summed E-state index contributed by atoms with van der Waals surface area (Å²) in [6, 6.07) is 19.0. The number of esters is 1. The molecule has 4 aromatic rings. The van der Waals surface area contributed by atoms with Crippen molar-refractivity contribution in [2.24, 2.45) is 0 Å². The summed E-state index contributed by atoms with van der Waals surface area (Å²) in [5.41, 5.74) is 2.41. The first-order chi connectivity index (χ1) is 14.0. The highest BCUT2D eigenvalue weighted by molar-refractivity contribution is 7.21. The number of ether oxygens (including phenoxy) is 1.